The number of likely N-dealkylation sites (tertiary alicyclic amines) is 1. The number of rotatable bonds is 5. The van der Waals surface area contributed by atoms with Crippen LogP contribution in [0, 0.1) is 0 Å². The lowest BCUT2D eigenvalue weighted by Gasteiger charge is -2.19. The van der Waals surface area contributed by atoms with Crippen molar-refractivity contribution < 1.29 is 5.11 Å². The normalized spacial score (nSPS) is 15.6. The number of hydrogen-bond donors (Lipinski definition) is 2. The number of aromatic nitrogens is 1. The van der Waals surface area contributed by atoms with Gasteiger partial charge in [-0.05, 0) is 55.8 Å². The van der Waals surface area contributed by atoms with Gasteiger partial charge in [-0.25, -0.2) is 4.99 Å². The minimum Gasteiger partial charge on any atom is -0.494 e. The van der Waals surface area contributed by atoms with Crippen LogP contribution in [0.4, 0.5) is 5.69 Å². The van der Waals surface area contributed by atoms with E-state index >= 15 is 0 Å². The van der Waals surface area contributed by atoms with E-state index in [9.17, 15) is 5.11 Å². The lowest BCUT2D eigenvalue weighted by atomic mass is 10.0. The summed E-state index contributed by atoms with van der Waals surface area (Å²) in [5, 5.41) is 12.3. The van der Waals surface area contributed by atoms with Crippen LogP contribution in [-0.4, -0.2) is 33.8 Å². The van der Waals surface area contributed by atoms with Crippen molar-refractivity contribution in [2.45, 2.75) is 32.2 Å². The molecule has 4 aromatic rings. The molecule has 1 saturated heterocycles. The van der Waals surface area contributed by atoms with Crippen molar-refractivity contribution in [3.8, 4) is 5.88 Å². The fourth-order valence-corrected chi connectivity index (χ4v) is 4.79. The van der Waals surface area contributed by atoms with Crippen LogP contribution in [0.3, 0.4) is 0 Å². The number of aromatic hydroxyl groups is 1. The molecule has 3 aromatic carbocycles. The van der Waals surface area contributed by atoms with E-state index < -0.39 is 0 Å². The minimum absolute atomic E-state index is 0.0904. The largest absolute Gasteiger partial charge is 0.494 e. The van der Waals surface area contributed by atoms with Crippen molar-refractivity contribution in [2.75, 3.05) is 13.1 Å². The first-order valence-corrected chi connectivity index (χ1v) is 12.0. The van der Waals surface area contributed by atoms with Crippen LogP contribution in [0.5, 0.6) is 5.88 Å². The molecule has 0 atom stereocenters. The molecule has 1 aliphatic heterocycles. The van der Waals surface area contributed by atoms with E-state index in [2.05, 4.69) is 34.1 Å². The van der Waals surface area contributed by atoms with E-state index in [4.69, 9.17) is 16.6 Å². The molecule has 0 bridgehead atoms. The summed E-state index contributed by atoms with van der Waals surface area (Å²) < 4.78 is 0. The second kappa shape index (κ2) is 9.82. The average molecular weight is 458 g/mol. The monoisotopic (exact) mass is 457 g/mol. The minimum atomic E-state index is 0.0904. The van der Waals surface area contributed by atoms with Crippen molar-refractivity contribution in [1.29, 1.82) is 0 Å². The Morgan fingerprint density at radius 1 is 0.909 bits per heavy atom. The zero-order valence-electron chi connectivity index (χ0n) is 18.6. The number of nitrogens with zero attached hydrogens (tertiary/aromatic N) is 2. The summed E-state index contributed by atoms with van der Waals surface area (Å²) in [7, 11) is 0. The second-order valence-corrected chi connectivity index (χ2v) is 9.16. The molecule has 1 fully saturated rings. The highest BCUT2D eigenvalue weighted by Crippen LogP contribution is 2.33. The molecule has 4 nitrogen and oxygen atoms in total. The summed E-state index contributed by atoms with van der Waals surface area (Å²) >= 11 is 6.16. The van der Waals surface area contributed by atoms with Gasteiger partial charge in [0.15, 0.2) is 5.88 Å². The molecule has 0 radical (unpaired) electrons. The Kier molecular flexibility index (Phi) is 6.47. The van der Waals surface area contributed by atoms with E-state index in [0.29, 0.717) is 10.6 Å². The molecule has 168 valence electrons. The molecule has 33 heavy (non-hydrogen) atoms. The number of nitrogens with one attached hydrogen (secondary N) is 1. The Bertz CT molecular complexity index is 1250. The number of fused-ring (bicyclic) bond motifs is 1. The highest BCUT2D eigenvalue weighted by molar-refractivity contribution is 6.31. The van der Waals surface area contributed by atoms with Crippen LogP contribution >= 0.6 is 11.6 Å². The SMILES string of the molecule is Oc1[nH]c2cc(Cl)ccc2c1C(=Nc1ccc(CN2CCCCCC2)cc1)c1ccccc1. The third kappa shape index (κ3) is 4.97. The summed E-state index contributed by atoms with van der Waals surface area (Å²) in [5.74, 6) is 0.0904. The van der Waals surface area contributed by atoms with Crippen LogP contribution in [0.25, 0.3) is 10.9 Å². The highest BCUT2D eigenvalue weighted by atomic mass is 35.5. The van der Waals surface area contributed by atoms with Gasteiger partial charge in [-0.15, -0.1) is 0 Å². The summed E-state index contributed by atoms with van der Waals surface area (Å²) in [4.78, 5) is 10.6. The van der Waals surface area contributed by atoms with E-state index in [0.717, 1.165) is 34.4 Å². The topological polar surface area (TPSA) is 51.6 Å². The van der Waals surface area contributed by atoms with Gasteiger partial charge < -0.3 is 10.1 Å². The number of hydrogen-bond acceptors (Lipinski definition) is 3. The van der Waals surface area contributed by atoms with Gasteiger partial charge in [0.05, 0.1) is 22.5 Å². The van der Waals surface area contributed by atoms with Gasteiger partial charge >= 0.3 is 0 Å². The molecule has 0 aliphatic carbocycles. The Hall–Kier alpha value is -3.08. The summed E-state index contributed by atoms with van der Waals surface area (Å²) in [6.07, 6.45) is 5.28. The quantitative estimate of drug-likeness (QED) is 0.315. The van der Waals surface area contributed by atoms with Crippen molar-refractivity contribution >= 4 is 33.9 Å². The van der Waals surface area contributed by atoms with Crippen molar-refractivity contribution in [1.82, 2.24) is 9.88 Å². The third-order valence-corrected chi connectivity index (χ3v) is 6.54. The van der Waals surface area contributed by atoms with E-state index in [1.807, 2.05) is 48.5 Å². The summed E-state index contributed by atoms with van der Waals surface area (Å²) in [6, 6.07) is 24.0. The number of aromatic amines is 1. The van der Waals surface area contributed by atoms with E-state index in [1.165, 1.54) is 44.3 Å². The standard InChI is InChI=1S/C28H28ClN3O/c29-22-12-15-24-25(18-22)31-28(33)26(24)27(21-8-4-3-5-9-21)30-23-13-10-20(11-14-23)19-32-16-6-1-2-7-17-32/h3-5,8-15,18,31,33H,1-2,6-7,16-17,19H2. The fraction of sp³-hybridized carbons (Fsp3) is 0.250. The molecule has 0 amide bonds. The van der Waals surface area contributed by atoms with Gasteiger partial charge in [-0.1, -0.05) is 73.0 Å². The highest BCUT2D eigenvalue weighted by Gasteiger charge is 2.19. The molecule has 0 spiro atoms. The van der Waals surface area contributed by atoms with Gasteiger partial charge in [-0.2, -0.15) is 0 Å². The summed E-state index contributed by atoms with van der Waals surface area (Å²) in [6.45, 7) is 3.35. The lowest BCUT2D eigenvalue weighted by Crippen LogP contribution is -2.23. The van der Waals surface area contributed by atoms with Crippen LogP contribution in [-0.2, 0) is 6.54 Å². The van der Waals surface area contributed by atoms with Gasteiger partial charge in [0.1, 0.15) is 0 Å². The number of halogens is 1. The molecule has 0 saturated carbocycles. The number of H-pyrrole nitrogens is 1. The zero-order valence-corrected chi connectivity index (χ0v) is 19.4. The van der Waals surface area contributed by atoms with Gasteiger partial charge in [0.2, 0.25) is 0 Å². The first kappa shape index (κ1) is 21.7. The molecular formula is C28H28ClN3O. The first-order valence-electron chi connectivity index (χ1n) is 11.6. The average Bonchev–Trinajstić information content (AvgIpc) is 2.98. The first-order chi connectivity index (χ1) is 16.2. The van der Waals surface area contributed by atoms with Gasteiger partial charge in [-0.3, -0.25) is 4.90 Å². The van der Waals surface area contributed by atoms with Crippen molar-refractivity contribution in [2.24, 2.45) is 4.99 Å². The molecule has 2 heterocycles. The smallest absolute Gasteiger partial charge is 0.199 e. The van der Waals surface area contributed by atoms with Crippen LogP contribution in [0.1, 0.15) is 42.4 Å². The Labute approximate surface area is 199 Å². The maximum Gasteiger partial charge on any atom is 0.199 e. The Morgan fingerprint density at radius 3 is 2.36 bits per heavy atom. The van der Waals surface area contributed by atoms with Gasteiger partial charge in [0.25, 0.3) is 0 Å². The van der Waals surface area contributed by atoms with Crippen LogP contribution < -0.4 is 0 Å². The molecule has 5 rings (SSSR count). The van der Waals surface area contributed by atoms with Gasteiger partial charge in [0, 0.05) is 22.5 Å². The van der Waals surface area contributed by atoms with Crippen LogP contribution in [0.15, 0.2) is 77.8 Å². The molecule has 1 aromatic heterocycles. The third-order valence-electron chi connectivity index (χ3n) is 6.31. The van der Waals surface area contributed by atoms with Crippen molar-refractivity contribution in [3.05, 3.63) is 94.5 Å². The zero-order chi connectivity index (χ0) is 22.6. The predicted molar refractivity (Wildman–Crippen MR) is 137 cm³/mol. The molecule has 1 aliphatic rings. The molecule has 2 N–H and O–H groups in total. The van der Waals surface area contributed by atoms with Crippen molar-refractivity contribution in [3.63, 3.8) is 0 Å². The lowest BCUT2D eigenvalue weighted by molar-refractivity contribution is 0.277. The summed E-state index contributed by atoms with van der Waals surface area (Å²) in [5.41, 5.74) is 5.30. The fourth-order valence-electron chi connectivity index (χ4n) is 4.61. The number of aliphatic imine (C=N–C) groups is 1. The van der Waals surface area contributed by atoms with Crippen LogP contribution in [0.2, 0.25) is 5.02 Å². The second-order valence-electron chi connectivity index (χ2n) is 8.72. The van der Waals surface area contributed by atoms with E-state index in [-0.39, 0.29) is 5.88 Å². The Morgan fingerprint density at radius 2 is 1.64 bits per heavy atom. The molecule has 5 heteroatoms. The maximum absolute atomic E-state index is 10.8. The number of benzene rings is 3. The molecular weight excluding hydrogens is 430 g/mol. The van der Waals surface area contributed by atoms with E-state index in [1.54, 1.807) is 0 Å². The maximum atomic E-state index is 10.8. The molecule has 0 unspecified atom stereocenters. The predicted octanol–water partition coefficient (Wildman–Crippen LogP) is 7.07. The Balaban J connectivity index is 1.50.